The first-order chi connectivity index (χ1) is 8.42. The van der Waals surface area contributed by atoms with Crippen molar-refractivity contribution in [2.75, 3.05) is 7.11 Å². The van der Waals surface area contributed by atoms with Crippen LogP contribution in [-0.2, 0) is 5.41 Å². The van der Waals surface area contributed by atoms with Crippen LogP contribution in [0.15, 0.2) is 18.2 Å². The van der Waals surface area contributed by atoms with Gasteiger partial charge in [0.25, 0.3) is 0 Å². The van der Waals surface area contributed by atoms with Gasteiger partial charge in [-0.1, -0.05) is 45.2 Å². The van der Waals surface area contributed by atoms with E-state index < -0.39 is 14.5 Å². The maximum Gasteiger partial charge on any atom is 0.546 e. The maximum absolute atomic E-state index is 6.25. The van der Waals surface area contributed by atoms with Crippen molar-refractivity contribution in [1.29, 1.82) is 0 Å². The highest BCUT2D eigenvalue weighted by Gasteiger charge is 2.24. The van der Waals surface area contributed by atoms with Crippen LogP contribution in [0.1, 0.15) is 40.2 Å². The number of methoxy groups -OCH3 is 1. The first-order valence-electron chi connectivity index (χ1n) is 6.77. The van der Waals surface area contributed by atoms with Crippen LogP contribution in [0.5, 0.6) is 11.5 Å². The molecule has 0 heterocycles. The van der Waals surface area contributed by atoms with E-state index in [2.05, 4.69) is 46.8 Å². The van der Waals surface area contributed by atoms with Crippen LogP contribution >= 0.6 is 0 Å². The second-order valence-electron chi connectivity index (χ2n) is 5.67. The van der Waals surface area contributed by atoms with Gasteiger partial charge < -0.3 is 8.53 Å². The second kappa shape index (κ2) is 6.50. The Morgan fingerprint density at radius 1 is 1.11 bits per heavy atom. The molecule has 0 saturated heterocycles. The van der Waals surface area contributed by atoms with Gasteiger partial charge in [-0.05, 0) is 29.2 Å². The fourth-order valence-electron chi connectivity index (χ4n) is 1.96. The Balaban J connectivity index is 3.10. The van der Waals surface area contributed by atoms with Gasteiger partial charge in [0.05, 0.1) is 12.9 Å². The lowest BCUT2D eigenvalue weighted by molar-refractivity contribution is 0.410. The van der Waals surface area contributed by atoms with E-state index in [9.17, 15) is 0 Å². The van der Waals surface area contributed by atoms with E-state index in [0.717, 1.165) is 11.5 Å². The largest absolute Gasteiger partial charge is 0.642 e. The van der Waals surface area contributed by atoms with E-state index >= 15 is 0 Å². The molecular formula is C15H25AlO2. The first kappa shape index (κ1) is 15.4. The van der Waals surface area contributed by atoms with Gasteiger partial charge in [0.1, 0.15) is 5.75 Å². The quantitative estimate of drug-likeness (QED) is 0.734. The summed E-state index contributed by atoms with van der Waals surface area (Å²) in [6.45, 7) is 11.1. The van der Waals surface area contributed by atoms with E-state index in [1.165, 1.54) is 16.1 Å². The SMILES string of the molecule is C[CH2][Al]([CH2]C)[O]c1ccc(OC)cc1C(C)(C)C. The fourth-order valence-corrected chi connectivity index (χ4v) is 3.44. The van der Waals surface area contributed by atoms with Crippen molar-refractivity contribution in [1.82, 2.24) is 0 Å². The Morgan fingerprint density at radius 3 is 2.17 bits per heavy atom. The summed E-state index contributed by atoms with van der Waals surface area (Å²) in [6, 6.07) is 6.15. The monoisotopic (exact) mass is 264 g/mol. The van der Waals surface area contributed by atoms with E-state index in [1.807, 2.05) is 6.07 Å². The number of rotatable bonds is 5. The summed E-state index contributed by atoms with van der Waals surface area (Å²) in [5.41, 5.74) is 1.31. The highest BCUT2D eigenvalue weighted by Crippen LogP contribution is 2.34. The van der Waals surface area contributed by atoms with Gasteiger partial charge in [0.2, 0.25) is 0 Å². The molecule has 1 aromatic carbocycles. The van der Waals surface area contributed by atoms with Crippen molar-refractivity contribution in [3.63, 3.8) is 0 Å². The third-order valence-electron chi connectivity index (χ3n) is 3.20. The molecule has 1 rings (SSSR count). The third kappa shape index (κ3) is 3.93. The first-order valence-corrected chi connectivity index (χ1v) is 8.88. The van der Waals surface area contributed by atoms with Crippen LogP contribution < -0.4 is 8.53 Å². The van der Waals surface area contributed by atoms with Crippen molar-refractivity contribution >= 4 is 14.5 Å². The molecule has 0 radical (unpaired) electrons. The summed E-state index contributed by atoms with van der Waals surface area (Å²) in [5, 5.41) is 2.35. The Morgan fingerprint density at radius 2 is 1.72 bits per heavy atom. The molecule has 0 fully saturated rings. The van der Waals surface area contributed by atoms with Crippen molar-refractivity contribution in [3.8, 4) is 11.5 Å². The molecule has 0 aromatic heterocycles. The van der Waals surface area contributed by atoms with Crippen molar-refractivity contribution < 1.29 is 8.53 Å². The molecule has 0 atom stereocenters. The van der Waals surface area contributed by atoms with Crippen LogP contribution in [0.4, 0.5) is 0 Å². The van der Waals surface area contributed by atoms with Crippen molar-refractivity contribution in [3.05, 3.63) is 23.8 Å². The van der Waals surface area contributed by atoms with Crippen LogP contribution in [0.25, 0.3) is 0 Å². The lowest BCUT2D eigenvalue weighted by Gasteiger charge is -2.25. The normalized spacial score (nSPS) is 11.2. The molecule has 0 amide bonds. The summed E-state index contributed by atoms with van der Waals surface area (Å²) in [4.78, 5) is 0. The fraction of sp³-hybridized carbons (Fsp3) is 0.600. The van der Waals surface area contributed by atoms with Crippen LogP contribution in [0.2, 0.25) is 10.6 Å². The van der Waals surface area contributed by atoms with E-state index in [4.69, 9.17) is 8.53 Å². The van der Waals surface area contributed by atoms with Gasteiger partial charge in [-0.25, -0.2) is 0 Å². The van der Waals surface area contributed by atoms with Gasteiger partial charge in [-0.2, -0.15) is 0 Å². The summed E-state index contributed by atoms with van der Waals surface area (Å²) in [7, 11) is 1.71. The Hall–Kier alpha value is -0.648. The summed E-state index contributed by atoms with van der Waals surface area (Å²) < 4.78 is 11.6. The van der Waals surface area contributed by atoms with E-state index in [0.29, 0.717) is 0 Å². The standard InChI is InChI=1S/C11H16O2.2C2H5.Al/c1-11(2,3)9-7-8(13-4)5-6-10(9)12;2*1-2;/h5-7,12H,1-4H3;2*1H2,2H3;/q;;;+1/p-1. The molecule has 1 aromatic rings. The molecule has 0 unspecified atom stereocenters. The number of benzene rings is 1. The second-order valence-corrected chi connectivity index (χ2v) is 8.78. The zero-order chi connectivity index (χ0) is 13.8. The molecule has 0 aliphatic heterocycles. The average Bonchev–Trinajstić information content (AvgIpc) is 2.34. The highest BCUT2D eigenvalue weighted by atomic mass is 27.2. The van der Waals surface area contributed by atoms with Crippen molar-refractivity contribution in [2.24, 2.45) is 0 Å². The minimum absolute atomic E-state index is 0.0737. The van der Waals surface area contributed by atoms with Gasteiger partial charge in [-0.3, -0.25) is 0 Å². The predicted molar refractivity (Wildman–Crippen MR) is 79.0 cm³/mol. The van der Waals surface area contributed by atoms with Gasteiger partial charge in [-0.15, -0.1) is 0 Å². The molecule has 2 nitrogen and oxygen atoms in total. The van der Waals surface area contributed by atoms with Gasteiger partial charge in [0.15, 0.2) is 0 Å². The summed E-state index contributed by atoms with van der Waals surface area (Å²) >= 11 is -1.08. The van der Waals surface area contributed by atoms with Crippen LogP contribution in [-0.4, -0.2) is 21.6 Å². The Labute approximate surface area is 116 Å². The molecule has 0 aliphatic carbocycles. The third-order valence-corrected chi connectivity index (χ3v) is 5.61. The molecule has 100 valence electrons. The van der Waals surface area contributed by atoms with Gasteiger partial charge in [0, 0.05) is 0 Å². The molecule has 18 heavy (non-hydrogen) atoms. The number of hydrogen-bond donors (Lipinski definition) is 0. The number of ether oxygens (including phenoxy) is 1. The average molecular weight is 264 g/mol. The minimum atomic E-state index is -1.08. The Bertz CT molecular complexity index is 379. The Kier molecular flexibility index (Phi) is 5.56. The number of hydrogen-bond acceptors (Lipinski definition) is 2. The molecular weight excluding hydrogens is 239 g/mol. The highest BCUT2D eigenvalue weighted by molar-refractivity contribution is 6.52. The van der Waals surface area contributed by atoms with Crippen LogP contribution in [0, 0.1) is 0 Å². The summed E-state index contributed by atoms with van der Waals surface area (Å²) in [5.74, 6) is 1.95. The maximum atomic E-state index is 6.25. The zero-order valence-corrected chi connectivity index (χ0v) is 13.7. The molecule has 0 aliphatic rings. The molecule has 0 spiro atoms. The topological polar surface area (TPSA) is 18.5 Å². The summed E-state index contributed by atoms with van der Waals surface area (Å²) in [6.07, 6.45) is 0. The van der Waals surface area contributed by atoms with Crippen LogP contribution in [0.3, 0.4) is 0 Å². The van der Waals surface area contributed by atoms with E-state index in [-0.39, 0.29) is 5.41 Å². The predicted octanol–water partition coefficient (Wildman–Crippen LogP) is 4.40. The zero-order valence-electron chi connectivity index (χ0n) is 12.5. The minimum Gasteiger partial charge on any atom is -0.642 e. The lowest BCUT2D eigenvalue weighted by Crippen LogP contribution is -2.22. The molecule has 0 saturated carbocycles. The van der Waals surface area contributed by atoms with Crippen molar-refractivity contribution in [2.45, 2.75) is 50.6 Å². The smallest absolute Gasteiger partial charge is 0.546 e. The molecule has 0 bridgehead atoms. The lowest BCUT2D eigenvalue weighted by atomic mass is 9.86. The molecule has 0 N–H and O–H groups in total. The van der Waals surface area contributed by atoms with Gasteiger partial charge >= 0.3 is 14.5 Å². The van der Waals surface area contributed by atoms with E-state index in [1.54, 1.807) is 7.11 Å². The molecule has 3 heteroatoms.